The van der Waals surface area contributed by atoms with Gasteiger partial charge in [0.15, 0.2) is 0 Å². The van der Waals surface area contributed by atoms with E-state index < -0.39 is 21.9 Å². The molecule has 0 N–H and O–H groups in total. The lowest BCUT2D eigenvalue weighted by Crippen LogP contribution is -2.31. The van der Waals surface area contributed by atoms with E-state index in [-0.39, 0.29) is 9.92 Å². The zero-order chi connectivity index (χ0) is 18.9. The SMILES string of the molecule is COc1ccc(OC)c([C@H]2CCCN2S(=O)(=O)c2ccc(F)c(Cl)c2)c1. The number of hydrogen-bond acceptors (Lipinski definition) is 4. The Morgan fingerprint density at radius 2 is 1.92 bits per heavy atom. The van der Waals surface area contributed by atoms with E-state index in [0.29, 0.717) is 30.9 Å². The molecule has 0 amide bonds. The summed E-state index contributed by atoms with van der Waals surface area (Å²) in [7, 11) is -0.743. The van der Waals surface area contributed by atoms with E-state index >= 15 is 0 Å². The summed E-state index contributed by atoms with van der Waals surface area (Å²) < 4.78 is 51.7. The second-order valence-electron chi connectivity index (χ2n) is 5.96. The lowest BCUT2D eigenvalue weighted by molar-refractivity contribution is 0.361. The fourth-order valence-corrected chi connectivity index (χ4v) is 5.16. The van der Waals surface area contributed by atoms with E-state index in [9.17, 15) is 12.8 Å². The standard InChI is InChI=1S/C18H19ClFNO4S/c1-24-12-5-8-18(25-2)14(10-12)17-4-3-9-21(17)26(22,23)13-6-7-16(20)15(19)11-13/h5-8,10-11,17H,3-4,9H2,1-2H3/t17-/m1/s1. The van der Waals surface area contributed by atoms with Gasteiger partial charge in [0.1, 0.15) is 17.3 Å². The molecular formula is C18H19ClFNO4S. The number of sulfonamides is 1. The first-order valence-corrected chi connectivity index (χ1v) is 9.89. The molecule has 2 aromatic carbocycles. The third kappa shape index (κ3) is 3.39. The van der Waals surface area contributed by atoms with Crippen LogP contribution in [0.15, 0.2) is 41.3 Å². The van der Waals surface area contributed by atoms with Gasteiger partial charge in [-0.15, -0.1) is 0 Å². The Kier molecular flexibility index (Phi) is 5.41. The summed E-state index contributed by atoms with van der Waals surface area (Å²) in [5, 5.41) is -0.221. The molecule has 1 saturated heterocycles. The minimum absolute atomic E-state index is 0.0299. The van der Waals surface area contributed by atoms with E-state index in [1.54, 1.807) is 32.4 Å². The first-order valence-electron chi connectivity index (χ1n) is 8.07. The van der Waals surface area contributed by atoms with Crippen molar-refractivity contribution in [1.82, 2.24) is 4.31 Å². The van der Waals surface area contributed by atoms with Gasteiger partial charge in [-0.25, -0.2) is 12.8 Å². The van der Waals surface area contributed by atoms with Crippen LogP contribution in [0.3, 0.4) is 0 Å². The summed E-state index contributed by atoms with van der Waals surface area (Å²) >= 11 is 5.77. The number of rotatable bonds is 5. The van der Waals surface area contributed by atoms with Gasteiger partial charge in [-0.3, -0.25) is 0 Å². The van der Waals surface area contributed by atoms with Gasteiger partial charge in [-0.05, 0) is 49.2 Å². The second-order valence-corrected chi connectivity index (χ2v) is 8.26. The van der Waals surface area contributed by atoms with Crippen molar-refractivity contribution >= 4 is 21.6 Å². The minimum Gasteiger partial charge on any atom is -0.497 e. The van der Waals surface area contributed by atoms with Crippen molar-refractivity contribution in [2.45, 2.75) is 23.8 Å². The molecule has 1 aliphatic rings. The average molecular weight is 400 g/mol. The number of halogens is 2. The van der Waals surface area contributed by atoms with Gasteiger partial charge in [0.2, 0.25) is 10.0 Å². The molecule has 1 aliphatic heterocycles. The topological polar surface area (TPSA) is 55.8 Å². The molecule has 1 atom stereocenters. The van der Waals surface area contributed by atoms with E-state index in [2.05, 4.69) is 0 Å². The molecule has 0 saturated carbocycles. The molecule has 26 heavy (non-hydrogen) atoms. The van der Waals surface area contributed by atoms with E-state index in [0.717, 1.165) is 17.7 Å². The fourth-order valence-electron chi connectivity index (χ4n) is 3.21. The molecule has 0 aromatic heterocycles. The average Bonchev–Trinajstić information content (AvgIpc) is 3.13. The Morgan fingerprint density at radius 1 is 1.15 bits per heavy atom. The molecule has 1 fully saturated rings. The minimum atomic E-state index is -3.83. The van der Waals surface area contributed by atoms with Crippen molar-refractivity contribution < 1.29 is 22.3 Å². The molecule has 0 radical (unpaired) electrons. The maximum atomic E-state index is 13.4. The smallest absolute Gasteiger partial charge is 0.243 e. The highest BCUT2D eigenvalue weighted by molar-refractivity contribution is 7.89. The molecule has 3 rings (SSSR count). The van der Waals surface area contributed by atoms with Crippen molar-refractivity contribution in [3.63, 3.8) is 0 Å². The van der Waals surface area contributed by atoms with Gasteiger partial charge in [0, 0.05) is 12.1 Å². The Labute approximate surface area is 157 Å². The zero-order valence-corrected chi connectivity index (χ0v) is 16.0. The number of ether oxygens (including phenoxy) is 2. The second kappa shape index (κ2) is 7.42. The van der Waals surface area contributed by atoms with Crippen molar-refractivity contribution in [2.75, 3.05) is 20.8 Å². The van der Waals surface area contributed by atoms with Gasteiger partial charge >= 0.3 is 0 Å². The summed E-state index contributed by atoms with van der Waals surface area (Å²) in [6.45, 7) is 0.363. The summed E-state index contributed by atoms with van der Waals surface area (Å²) in [5.74, 6) is 0.558. The van der Waals surface area contributed by atoms with Crippen LogP contribution in [0.2, 0.25) is 5.02 Å². The number of hydrogen-bond donors (Lipinski definition) is 0. The third-order valence-corrected chi connectivity index (χ3v) is 6.69. The molecule has 2 aromatic rings. The van der Waals surface area contributed by atoms with Gasteiger partial charge in [0.25, 0.3) is 0 Å². The number of nitrogens with zero attached hydrogens (tertiary/aromatic N) is 1. The highest BCUT2D eigenvalue weighted by Crippen LogP contribution is 2.41. The summed E-state index contributed by atoms with van der Waals surface area (Å²) in [6, 6.07) is 8.34. The quantitative estimate of drug-likeness (QED) is 0.761. The van der Waals surface area contributed by atoms with Crippen LogP contribution in [-0.4, -0.2) is 33.5 Å². The molecule has 8 heteroatoms. The van der Waals surface area contributed by atoms with Gasteiger partial charge in [0.05, 0.1) is 30.2 Å². The highest BCUT2D eigenvalue weighted by Gasteiger charge is 2.38. The van der Waals surface area contributed by atoms with Crippen molar-refractivity contribution in [3.8, 4) is 11.5 Å². The van der Waals surface area contributed by atoms with Crippen LogP contribution in [0.4, 0.5) is 4.39 Å². The van der Waals surface area contributed by atoms with Crippen molar-refractivity contribution in [1.29, 1.82) is 0 Å². The van der Waals surface area contributed by atoms with E-state index in [1.807, 2.05) is 0 Å². The molecule has 1 heterocycles. The maximum absolute atomic E-state index is 13.4. The predicted octanol–water partition coefficient (Wildman–Crippen LogP) is 4.02. The Morgan fingerprint density at radius 3 is 2.58 bits per heavy atom. The molecule has 140 valence electrons. The summed E-state index contributed by atoms with van der Waals surface area (Å²) in [5.41, 5.74) is 0.737. The molecule has 0 spiro atoms. The largest absolute Gasteiger partial charge is 0.497 e. The fraction of sp³-hybridized carbons (Fsp3) is 0.333. The Balaban J connectivity index is 2.04. The lowest BCUT2D eigenvalue weighted by Gasteiger charge is -2.26. The molecule has 5 nitrogen and oxygen atoms in total. The molecule has 0 bridgehead atoms. The van der Waals surface area contributed by atoms with Crippen molar-refractivity contribution in [2.24, 2.45) is 0 Å². The molecule has 0 unspecified atom stereocenters. The van der Waals surface area contributed by atoms with Crippen LogP contribution in [0.5, 0.6) is 11.5 Å². The number of benzene rings is 2. The molecular weight excluding hydrogens is 381 g/mol. The van der Waals surface area contributed by atoms with Crippen LogP contribution in [0, 0.1) is 5.82 Å². The maximum Gasteiger partial charge on any atom is 0.243 e. The Hall–Kier alpha value is -1.83. The van der Waals surface area contributed by atoms with E-state index in [4.69, 9.17) is 21.1 Å². The van der Waals surface area contributed by atoms with Crippen LogP contribution in [0.1, 0.15) is 24.4 Å². The summed E-state index contributed by atoms with van der Waals surface area (Å²) in [4.78, 5) is -0.0299. The van der Waals surface area contributed by atoms with Crippen LogP contribution in [-0.2, 0) is 10.0 Å². The van der Waals surface area contributed by atoms with Crippen LogP contribution < -0.4 is 9.47 Å². The van der Waals surface area contributed by atoms with E-state index in [1.165, 1.54) is 10.4 Å². The van der Waals surface area contributed by atoms with Crippen LogP contribution in [0.25, 0.3) is 0 Å². The Bertz CT molecular complexity index is 919. The van der Waals surface area contributed by atoms with Gasteiger partial charge < -0.3 is 9.47 Å². The van der Waals surface area contributed by atoms with Gasteiger partial charge in [-0.1, -0.05) is 11.6 Å². The molecule has 0 aliphatic carbocycles. The van der Waals surface area contributed by atoms with Crippen molar-refractivity contribution in [3.05, 3.63) is 52.8 Å². The highest BCUT2D eigenvalue weighted by atomic mass is 35.5. The van der Waals surface area contributed by atoms with Crippen LogP contribution >= 0.6 is 11.6 Å². The number of methoxy groups -OCH3 is 2. The third-order valence-electron chi connectivity index (χ3n) is 4.50. The zero-order valence-electron chi connectivity index (χ0n) is 14.4. The lowest BCUT2D eigenvalue weighted by atomic mass is 10.0. The predicted molar refractivity (Wildman–Crippen MR) is 96.8 cm³/mol. The first-order chi connectivity index (χ1) is 12.4. The summed E-state index contributed by atoms with van der Waals surface area (Å²) in [6.07, 6.45) is 1.36. The first kappa shape index (κ1) is 18.9. The monoisotopic (exact) mass is 399 g/mol. The van der Waals surface area contributed by atoms with Gasteiger partial charge in [-0.2, -0.15) is 4.31 Å². The normalized spacial score (nSPS) is 18.1.